The lowest BCUT2D eigenvalue weighted by Gasteiger charge is -2.26. The van der Waals surface area contributed by atoms with Gasteiger partial charge in [0.15, 0.2) is 0 Å². The Bertz CT molecular complexity index is 343. The molecule has 0 amide bonds. The molecule has 94 valence electrons. The lowest BCUT2D eigenvalue weighted by Crippen LogP contribution is -2.26. The molecule has 1 aliphatic rings. The molecule has 2 heteroatoms. The number of rotatable bonds is 3. The highest BCUT2D eigenvalue weighted by atomic mass is 19.1. The predicted octanol–water partition coefficient (Wildman–Crippen LogP) is 4.06. The van der Waals surface area contributed by atoms with Crippen molar-refractivity contribution in [3.8, 4) is 0 Å². The molecule has 1 aromatic rings. The van der Waals surface area contributed by atoms with Crippen LogP contribution in [0.2, 0.25) is 0 Å². The third kappa shape index (κ3) is 3.06. The Balaban J connectivity index is 2.17. The van der Waals surface area contributed by atoms with Crippen LogP contribution in [0.4, 0.5) is 4.39 Å². The lowest BCUT2D eigenvalue weighted by atomic mass is 9.87. The van der Waals surface area contributed by atoms with Gasteiger partial charge in [0, 0.05) is 11.6 Å². The van der Waals surface area contributed by atoms with Gasteiger partial charge in [-0.15, -0.1) is 0 Å². The lowest BCUT2D eigenvalue weighted by molar-refractivity contribution is 0.333. The molecule has 0 aliphatic heterocycles. The summed E-state index contributed by atoms with van der Waals surface area (Å²) in [5.41, 5.74) is 0.835. The fraction of sp³-hybridized carbons (Fsp3) is 0.600. The summed E-state index contributed by atoms with van der Waals surface area (Å²) in [4.78, 5) is 0. The zero-order valence-corrected chi connectivity index (χ0v) is 10.6. The summed E-state index contributed by atoms with van der Waals surface area (Å²) in [7, 11) is 1.95. The zero-order chi connectivity index (χ0) is 12.1. The Kier molecular flexibility index (Phi) is 4.55. The molecule has 1 saturated carbocycles. The highest BCUT2D eigenvalue weighted by Gasteiger charge is 2.24. The standard InChI is InChI=1S/C15H22FN/c1-17-15(12-8-4-2-3-5-9-12)13-10-6-7-11-14(13)16/h6-7,10-12,15,17H,2-5,8-9H2,1H3. The molecule has 0 radical (unpaired) electrons. The second-order valence-corrected chi connectivity index (χ2v) is 5.04. The highest BCUT2D eigenvalue weighted by Crippen LogP contribution is 2.34. The first-order valence-corrected chi connectivity index (χ1v) is 6.74. The summed E-state index contributed by atoms with van der Waals surface area (Å²) < 4.78 is 13.8. The highest BCUT2D eigenvalue weighted by molar-refractivity contribution is 5.22. The molecule has 2 rings (SSSR count). The SMILES string of the molecule is CNC(c1ccccc1F)C1CCCCCC1. The smallest absolute Gasteiger partial charge is 0.127 e. The molecule has 1 atom stereocenters. The molecule has 0 saturated heterocycles. The molecule has 17 heavy (non-hydrogen) atoms. The van der Waals surface area contributed by atoms with Gasteiger partial charge < -0.3 is 5.32 Å². The van der Waals surface area contributed by atoms with Crippen LogP contribution in [0.5, 0.6) is 0 Å². The van der Waals surface area contributed by atoms with Crippen molar-refractivity contribution in [2.24, 2.45) is 5.92 Å². The van der Waals surface area contributed by atoms with Gasteiger partial charge in [0.25, 0.3) is 0 Å². The molecular formula is C15H22FN. The minimum absolute atomic E-state index is 0.0731. The van der Waals surface area contributed by atoms with E-state index >= 15 is 0 Å². The topological polar surface area (TPSA) is 12.0 Å². The number of nitrogens with one attached hydrogen (secondary N) is 1. The average Bonchev–Trinajstić information content (AvgIpc) is 2.62. The van der Waals surface area contributed by atoms with Crippen LogP contribution in [-0.2, 0) is 0 Å². The van der Waals surface area contributed by atoms with Crippen LogP contribution < -0.4 is 5.32 Å². The van der Waals surface area contributed by atoms with Crippen molar-refractivity contribution in [2.75, 3.05) is 7.05 Å². The van der Waals surface area contributed by atoms with E-state index in [0.717, 1.165) is 5.56 Å². The van der Waals surface area contributed by atoms with Gasteiger partial charge in [-0.2, -0.15) is 0 Å². The normalized spacial score (nSPS) is 19.9. The molecule has 1 N–H and O–H groups in total. The maximum Gasteiger partial charge on any atom is 0.127 e. The number of hydrogen-bond acceptors (Lipinski definition) is 1. The van der Waals surface area contributed by atoms with E-state index in [1.165, 1.54) is 38.5 Å². The Labute approximate surface area is 103 Å². The second-order valence-electron chi connectivity index (χ2n) is 5.04. The van der Waals surface area contributed by atoms with Gasteiger partial charge >= 0.3 is 0 Å². The molecule has 1 fully saturated rings. The molecule has 0 spiro atoms. The van der Waals surface area contributed by atoms with Gasteiger partial charge in [-0.1, -0.05) is 43.9 Å². The first-order chi connectivity index (χ1) is 8.33. The minimum Gasteiger partial charge on any atom is -0.313 e. The van der Waals surface area contributed by atoms with E-state index in [0.29, 0.717) is 5.92 Å². The average molecular weight is 235 g/mol. The zero-order valence-electron chi connectivity index (χ0n) is 10.6. The first-order valence-electron chi connectivity index (χ1n) is 6.74. The van der Waals surface area contributed by atoms with E-state index in [-0.39, 0.29) is 11.9 Å². The largest absolute Gasteiger partial charge is 0.313 e. The maximum absolute atomic E-state index is 13.8. The summed E-state index contributed by atoms with van der Waals surface area (Å²) in [6.07, 6.45) is 7.70. The van der Waals surface area contributed by atoms with Gasteiger partial charge in [-0.3, -0.25) is 0 Å². The van der Waals surface area contributed by atoms with Crippen LogP contribution >= 0.6 is 0 Å². The number of benzene rings is 1. The predicted molar refractivity (Wildman–Crippen MR) is 69.4 cm³/mol. The summed E-state index contributed by atoms with van der Waals surface area (Å²) in [5.74, 6) is 0.510. The monoisotopic (exact) mass is 235 g/mol. The van der Waals surface area contributed by atoms with E-state index in [9.17, 15) is 4.39 Å². The minimum atomic E-state index is -0.0731. The van der Waals surface area contributed by atoms with Crippen LogP contribution in [0.1, 0.15) is 50.1 Å². The van der Waals surface area contributed by atoms with Crippen LogP contribution in [0.25, 0.3) is 0 Å². The Hall–Kier alpha value is -0.890. The van der Waals surface area contributed by atoms with E-state index in [2.05, 4.69) is 5.32 Å². The molecular weight excluding hydrogens is 213 g/mol. The number of hydrogen-bond donors (Lipinski definition) is 1. The van der Waals surface area contributed by atoms with Gasteiger partial charge in [0.1, 0.15) is 5.82 Å². The Morgan fingerprint density at radius 3 is 2.35 bits per heavy atom. The van der Waals surface area contributed by atoms with Gasteiger partial charge in [-0.05, 0) is 31.9 Å². The van der Waals surface area contributed by atoms with Crippen molar-refractivity contribution >= 4 is 0 Å². The maximum atomic E-state index is 13.8. The fourth-order valence-corrected chi connectivity index (χ4v) is 3.02. The molecule has 1 aliphatic carbocycles. The summed E-state index contributed by atoms with van der Waals surface area (Å²) in [5, 5.41) is 3.32. The quantitative estimate of drug-likeness (QED) is 0.779. The van der Waals surface area contributed by atoms with Crippen molar-refractivity contribution in [1.29, 1.82) is 0 Å². The molecule has 0 aromatic heterocycles. The molecule has 0 bridgehead atoms. The van der Waals surface area contributed by atoms with Gasteiger partial charge in [0.05, 0.1) is 0 Å². The van der Waals surface area contributed by atoms with Crippen molar-refractivity contribution < 1.29 is 4.39 Å². The van der Waals surface area contributed by atoms with Crippen LogP contribution in [0.15, 0.2) is 24.3 Å². The second kappa shape index (κ2) is 6.15. The molecule has 1 aromatic carbocycles. The van der Waals surface area contributed by atoms with Crippen molar-refractivity contribution in [2.45, 2.75) is 44.6 Å². The summed E-state index contributed by atoms with van der Waals surface area (Å²) in [6, 6.07) is 7.35. The summed E-state index contributed by atoms with van der Waals surface area (Å²) >= 11 is 0. The third-order valence-corrected chi connectivity index (χ3v) is 3.92. The van der Waals surface area contributed by atoms with Crippen molar-refractivity contribution in [3.05, 3.63) is 35.6 Å². The number of halogens is 1. The van der Waals surface area contributed by atoms with E-state index in [1.54, 1.807) is 12.1 Å². The van der Waals surface area contributed by atoms with Gasteiger partial charge in [-0.25, -0.2) is 4.39 Å². The van der Waals surface area contributed by atoms with E-state index < -0.39 is 0 Å². The van der Waals surface area contributed by atoms with Crippen LogP contribution in [0.3, 0.4) is 0 Å². The Morgan fingerprint density at radius 1 is 1.12 bits per heavy atom. The molecule has 1 unspecified atom stereocenters. The Morgan fingerprint density at radius 2 is 1.76 bits per heavy atom. The van der Waals surface area contributed by atoms with Crippen molar-refractivity contribution in [3.63, 3.8) is 0 Å². The first kappa shape index (κ1) is 12.6. The van der Waals surface area contributed by atoms with Gasteiger partial charge in [0.2, 0.25) is 0 Å². The molecule has 0 heterocycles. The van der Waals surface area contributed by atoms with Crippen LogP contribution in [-0.4, -0.2) is 7.05 Å². The van der Waals surface area contributed by atoms with Crippen molar-refractivity contribution in [1.82, 2.24) is 5.32 Å². The fourth-order valence-electron chi connectivity index (χ4n) is 3.02. The molecule has 1 nitrogen and oxygen atoms in total. The van der Waals surface area contributed by atoms with E-state index in [4.69, 9.17) is 0 Å². The third-order valence-electron chi connectivity index (χ3n) is 3.92. The van der Waals surface area contributed by atoms with Crippen LogP contribution in [0, 0.1) is 11.7 Å². The van der Waals surface area contributed by atoms with E-state index in [1.807, 2.05) is 19.2 Å². The summed E-state index contributed by atoms with van der Waals surface area (Å²) in [6.45, 7) is 0.